The topological polar surface area (TPSA) is 25.8 Å². The number of pyridine rings is 2. The highest BCUT2D eigenvalue weighted by atomic mass is 14.7. The fraction of sp³-hybridized carbons (Fsp3) is 0.286. The van der Waals surface area contributed by atoms with Gasteiger partial charge in [-0.05, 0) is 51.0 Å². The number of aromatic nitrogens is 2. The zero-order chi connectivity index (χ0) is 11.7. The second-order valence-corrected chi connectivity index (χ2v) is 4.24. The van der Waals surface area contributed by atoms with Gasteiger partial charge in [0.2, 0.25) is 0 Å². The zero-order valence-electron chi connectivity index (χ0n) is 10.2. The van der Waals surface area contributed by atoms with Gasteiger partial charge < -0.3 is 0 Å². The first kappa shape index (κ1) is 10.8. The lowest BCUT2D eigenvalue weighted by Crippen LogP contribution is -1.94. The van der Waals surface area contributed by atoms with E-state index in [9.17, 15) is 0 Å². The molecule has 0 atom stereocenters. The lowest BCUT2D eigenvalue weighted by atomic mass is 10.1. The van der Waals surface area contributed by atoms with E-state index in [0.29, 0.717) is 0 Å². The molecule has 0 N–H and O–H groups in total. The molecule has 0 unspecified atom stereocenters. The van der Waals surface area contributed by atoms with Crippen LogP contribution in [0.15, 0.2) is 24.4 Å². The monoisotopic (exact) mass is 212 g/mol. The normalized spacial score (nSPS) is 10.5. The minimum atomic E-state index is 1.01. The minimum absolute atomic E-state index is 1.01. The van der Waals surface area contributed by atoms with E-state index >= 15 is 0 Å². The predicted molar refractivity (Wildman–Crippen MR) is 66.4 cm³/mol. The van der Waals surface area contributed by atoms with Gasteiger partial charge in [0.05, 0.1) is 5.69 Å². The smallest absolute Gasteiger partial charge is 0.0723 e. The van der Waals surface area contributed by atoms with Gasteiger partial charge in [0.15, 0.2) is 0 Å². The third-order valence-corrected chi connectivity index (χ3v) is 2.85. The Bertz CT molecular complexity index is 530. The van der Waals surface area contributed by atoms with Crippen LogP contribution in [-0.4, -0.2) is 9.97 Å². The van der Waals surface area contributed by atoms with Gasteiger partial charge in [-0.1, -0.05) is 6.07 Å². The van der Waals surface area contributed by atoms with Crippen molar-refractivity contribution in [2.75, 3.05) is 0 Å². The number of hydrogen-bond acceptors (Lipinski definition) is 2. The van der Waals surface area contributed by atoms with Gasteiger partial charge in [0.25, 0.3) is 0 Å². The lowest BCUT2D eigenvalue weighted by molar-refractivity contribution is 1.12. The van der Waals surface area contributed by atoms with Crippen molar-refractivity contribution in [3.63, 3.8) is 0 Å². The van der Waals surface area contributed by atoms with Crippen LogP contribution in [0.2, 0.25) is 0 Å². The van der Waals surface area contributed by atoms with Crippen molar-refractivity contribution in [1.29, 1.82) is 0 Å². The molecule has 2 nitrogen and oxygen atoms in total. The summed E-state index contributed by atoms with van der Waals surface area (Å²) in [6, 6.07) is 6.31. The number of aryl methyl sites for hydroxylation is 4. The standard InChI is InChI=1S/C14H16N2/c1-9-7-13(12(4)15-8-9)14-6-5-10(2)11(3)16-14/h5-8H,1-4H3. The average Bonchev–Trinajstić information content (AvgIpc) is 2.26. The molecular formula is C14H16N2. The van der Waals surface area contributed by atoms with Gasteiger partial charge in [-0.15, -0.1) is 0 Å². The highest BCUT2D eigenvalue weighted by molar-refractivity contribution is 5.62. The quantitative estimate of drug-likeness (QED) is 0.724. The summed E-state index contributed by atoms with van der Waals surface area (Å²) in [4.78, 5) is 8.97. The van der Waals surface area contributed by atoms with Gasteiger partial charge in [-0.3, -0.25) is 9.97 Å². The van der Waals surface area contributed by atoms with Crippen LogP contribution in [0.25, 0.3) is 11.3 Å². The molecule has 0 aromatic carbocycles. The Balaban J connectivity index is 2.58. The summed E-state index contributed by atoms with van der Waals surface area (Å²) in [5, 5.41) is 0. The van der Waals surface area contributed by atoms with Crippen LogP contribution in [0.1, 0.15) is 22.5 Å². The van der Waals surface area contributed by atoms with Gasteiger partial charge >= 0.3 is 0 Å². The molecule has 2 aromatic rings. The van der Waals surface area contributed by atoms with Crippen molar-refractivity contribution in [2.24, 2.45) is 0 Å². The van der Waals surface area contributed by atoms with E-state index in [1.54, 1.807) is 0 Å². The molecule has 2 heteroatoms. The molecule has 2 heterocycles. The van der Waals surface area contributed by atoms with Gasteiger partial charge in [0.1, 0.15) is 0 Å². The average molecular weight is 212 g/mol. The highest BCUT2D eigenvalue weighted by Gasteiger charge is 2.05. The third kappa shape index (κ3) is 1.96. The van der Waals surface area contributed by atoms with Crippen molar-refractivity contribution in [3.8, 4) is 11.3 Å². The first-order valence-electron chi connectivity index (χ1n) is 5.46. The molecule has 0 saturated carbocycles. The molecule has 0 fully saturated rings. The van der Waals surface area contributed by atoms with Crippen molar-refractivity contribution >= 4 is 0 Å². The number of nitrogens with zero attached hydrogens (tertiary/aromatic N) is 2. The highest BCUT2D eigenvalue weighted by Crippen LogP contribution is 2.22. The Morgan fingerprint density at radius 2 is 1.69 bits per heavy atom. The van der Waals surface area contributed by atoms with E-state index in [1.165, 1.54) is 11.1 Å². The molecule has 0 bridgehead atoms. The molecule has 0 radical (unpaired) electrons. The van der Waals surface area contributed by atoms with Gasteiger partial charge in [-0.25, -0.2) is 0 Å². The Labute approximate surface area is 96.4 Å². The molecule has 82 valence electrons. The van der Waals surface area contributed by atoms with Crippen LogP contribution >= 0.6 is 0 Å². The Hall–Kier alpha value is -1.70. The largest absolute Gasteiger partial charge is 0.261 e. The van der Waals surface area contributed by atoms with Crippen molar-refractivity contribution < 1.29 is 0 Å². The van der Waals surface area contributed by atoms with Gasteiger partial charge in [0, 0.05) is 23.1 Å². The maximum Gasteiger partial charge on any atom is 0.0723 e. The summed E-state index contributed by atoms with van der Waals surface area (Å²) in [5.74, 6) is 0. The summed E-state index contributed by atoms with van der Waals surface area (Å²) in [6.45, 7) is 8.19. The molecule has 0 amide bonds. The molecule has 0 aliphatic carbocycles. The first-order valence-corrected chi connectivity index (χ1v) is 5.46. The minimum Gasteiger partial charge on any atom is -0.261 e. The van der Waals surface area contributed by atoms with Crippen LogP contribution in [0.3, 0.4) is 0 Å². The Morgan fingerprint density at radius 3 is 2.38 bits per heavy atom. The third-order valence-electron chi connectivity index (χ3n) is 2.85. The molecule has 16 heavy (non-hydrogen) atoms. The van der Waals surface area contributed by atoms with E-state index in [1.807, 2.05) is 20.0 Å². The predicted octanol–water partition coefficient (Wildman–Crippen LogP) is 3.38. The van der Waals surface area contributed by atoms with E-state index in [-0.39, 0.29) is 0 Å². The second-order valence-electron chi connectivity index (χ2n) is 4.24. The van der Waals surface area contributed by atoms with Crippen LogP contribution in [0.5, 0.6) is 0 Å². The summed E-state index contributed by atoms with van der Waals surface area (Å²) in [5.41, 5.74) is 6.64. The lowest BCUT2D eigenvalue weighted by Gasteiger charge is -2.07. The van der Waals surface area contributed by atoms with E-state index in [4.69, 9.17) is 0 Å². The molecule has 2 aromatic heterocycles. The van der Waals surface area contributed by atoms with Crippen LogP contribution in [-0.2, 0) is 0 Å². The molecule has 0 aliphatic rings. The Kier molecular flexibility index (Phi) is 2.73. The summed E-state index contributed by atoms with van der Waals surface area (Å²) in [6.07, 6.45) is 1.89. The molecule has 0 saturated heterocycles. The fourth-order valence-electron chi connectivity index (χ4n) is 1.68. The van der Waals surface area contributed by atoms with E-state index in [0.717, 1.165) is 22.6 Å². The molecule has 0 aliphatic heterocycles. The maximum absolute atomic E-state index is 4.60. The summed E-state index contributed by atoms with van der Waals surface area (Å²) < 4.78 is 0. The maximum atomic E-state index is 4.60. The molecular weight excluding hydrogens is 196 g/mol. The number of hydrogen-bond donors (Lipinski definition) is 0. The second kappa shape index (κ2) is 4.05. The summed E-state index contributed by atoms with van der Waals surface area (Å²) in [7, 11) is 0. The van der Waals surface area contributed by atoms with E-state index < -0.39 is 0 Å². The first-order chi connectivity index (χ1) is 7.58. The summed E-state index contributed by atoms with van der Waals surface area (Å²) >= 11 is 0. The fourth-order valence-corrected chi connectivity index (χ4v) is 1.68. The van der Waals surface area contributed by atoms with Crippen LogP contribution in [0.4, 0.5) is 0 Å². The number of rotatable bonds is 1. The Morgan fingerprint density at radius 1 is 0.938 bits per heavy atom. The van der Waals surface area contributed by atoms with Gasteiger partial charge in [-0.2, -0.15) is 0 Å². The van der Waals surface area contributed by atoms with Crippen molar-refractivity contribution in [2.45, 2.75) is 27.7 Å². The van der Waals surface area contributed by atoms with E-state index in [2.05, 4.69) is 42.0 Å². The van der Waals surface area contributed by atoms with Crippen molar-refractivity contribution in [1.82, 2.24) is 9.97 Å². The van der Waals surface area contributed by atoms with Crippen molar-refractivity contribution in [3.05, 3.63) is 46.9 Å². The molecule has 2 rings (SSSR count). The molecule has 0 spiro atoms. The SMILES string of the molecule is Cc1cnc(C)c(-c2ccc(C)c(C)n2)c1. The van der Waals surface area contributed by atoms with Crippen LogP contribution in [0, 0.1) is 27.7 Å². The van der Waals surface area contributed by atoms with Crippen LogP contribution < -0.4 is 0 Å². The zero-order valence-corrected chi connectivity index (χ0v) is 10.2.